The first kappa shape index (κ1) is 19.1. The fourth-order valence-corrected chi connectivity index (χ4v) is 3.00. The monoisotopic (exact) mass is 393 g/mol. The van der Waals surface area contributed by atoms with E-state index in [2.05, 4.69) is 26.8 Å². The number of carbonyl (C=O) groups excluding carboxylic acids is 2. The molecule has 1 aromatic heterocycles. The lowest BCUT2D eigenvalue weighted by molar-refractivity contribution is -0.117. The van der Waals surface area contributed by atoms with Gasteiger partial charge in [0.2, 0.25) is 17.6 Å². The lowest BCUT2D eigenvalue weighted by atomic mass is 10.1. The molecule has 0 saturated carbocycles. The van der Waals surface area contributed by atoms with Gasteiger partial charge in [-0.3, -0.25) is 9.59 Å². The number of primary amides is 1. The van der Waals surface area contributed by atoms with Gasteiger partial charge in [0.15, 0.2) is 0 Å². The molecule has 3 N–H and O–H groups in total. The lowest BCUT2D eigenvalue weighted by Crippen LogP contribution is -2.20. The van der Waals surface area contributed by atoms with Crippen LogP contribution >= 0.6 is 11.8 Å². The van der Waals surface area contributed by atoms with Crippen LogP contribution in [0.5, 0.6) is 0 Å². The Bertz CT molecular complexity index is 1040. The number of nitrogens with zero attached hydrogens (tertiary/aromatic N) is 5. The van der Waals surface area contributed by atoms with Crippen molar-refractivity contribution in [1.82, 2.24) is 20.2 Å². The first-order valence-corrected chi connectivity index (χ1v) is 9.12. The van der Waals surface area contributed by atoms with Crippen molar-refractivity contribution < 1.29 is 9.59 Å². The van der Waals surface area contributed by atoms with Crippen molar-refractivity contribution in [1.29, 1.82) is 5.26 Å². The van der Waals surface area contributed by atoms with Gasteiger partial charge in [-0.05, 0) is 29.5 Å². The summed E-state index contributed by atoms with van der Waals surface area (Å²) >= 11 is 1.34. The first-order valence-electron chi connectivity index (χ1n) is 8.13. The van der Waals surface area contributed by atoms with Gasteiger partial charge in [-0.25, -0.2) is 0 Å². The number of amides is 2. The summed E-state index contributed by atoms with van der Waals surface area (Å²) in [6.45, 7) is -0.121. The predicted molar refractivity (Wildman–Crippen MR) is 103 cm³/mol. The van der Waals surface area contributed by atoms with Crippen molar-refractivity contribution in [3.05, 3.63) is 54.1 Å². The molecule has 2 amide bonds. The predicted octanol–water partition coefficient (Wildman–Crippen LogP) is 1.69. The Balaban J connectivity index is 1.66. The molecular weight excluding hydrogens is 378 g/mol. The average molecular weight is 393 g/mol. The zero-order valence-electron chi connectivity index (χ0n) is 14.6. The Labute approximate surface area is 164 Å². The third kappa shape index (κ3) is 4.72. The summed E-state index contributed by atoms with van der Waals surface area (Å²) < 4.78 is 0. The van der Waals surface area contributed by atoms with Gasteiger partial charge in [0.1, 0.15) is 6.54 Å². The summed E-state index contributed by atoms with van der Waals surface area (Å²) in [7, 11) is 0. The van der Waals surface area contributed by atoms with Gasteiger partial charge >= 0.3 is 0 Å². The van der Waals surface area contributed by atoms with E-state index in [1.54, 1.807) is 36.4 Å². The zero-order chi connectivity index (χ0) is 19.9. The molecule has 0 radical (unpaired) electrons. The second-order valence-corrected chi connectivity index (χ2v) is 6.59. The van der Waals surface area contributed by atoms with E-state index < -0.39 is 5.91 Å². The van der Waals surface area contributed by atoms with Gasteiger partial charge in [-0.15, -0.1) is 22.0 Å². The minimum Gasteiger partial charge on any atom is -0.366 e. The molecule has 0 aliphatic carbocycles. The number of carbonyl (C=O) groups is 2. The van der Waals surface area contributed by atoms with E-state index in [1.807, 2.05) is 12.1 Å². The molecule has 0 unspecified atom stereocenters. The van der Waals surface area contributed by atoms with Gasteiger partial charge < -0.3 is 11.1 Å². The number of aromatic nitrogens is 4. The molecule has 140 valence electrons. The van der Waals surface area contributed by atoms with Gasteiger partial charge in [-0.2, -0.15) is 10.1 Å². The number of tetrazole rings is 1. The second kappa shape index (κ2) is 8.79. The van der Waals surface area contributed by atoms with E-state index in [1.165, 1.54) is 16.6 Å². The molecule has 0 aliphatic rings. The van der Waals surface area contributed by atoms with E-state index in [0.717, 1.165) is 4.90 Å². The maximum absolute atomic E-state index is 12.3. The molecule has 0 fully saturated rings. The third-order valence-corrected chi connectivity index (χ3v) is 4.56. The van der Waals surface area contributed by atoms with Crippen molar-refractivity contribution in [2.24, 2.45) is 5.73 Å². The minimum atomic E-state index is -0.520. The molecule has 10 heteroatoms. The summed E-state index contributed by atoms with van der Waals surface area (Å²) in [5.74, 6) is -0.227. The summed E-state index contributed by atoms with van der Waals surface area (Å²) in [6, 6.07) is 15.7. The van der Waals surface area contributed by atoms with Crippen LogP contribution in [-0.2, 0) is 11.3 Å². The zero-order valence-corrected chi connectivity index (χ0v) is 15.4. The standard InChI is InChI=1S/C18H15N7O2S/c19-9-10-28-15-4-2-1-3-14(15)21-16(26)11-25-23-18(22-24-25)13-7-5-12(6-8-13)17(20)27/h1-8H,10-11H2,(H2,20,27)(H,21,26). The molecular formula is C18H15N7O2S. The molecule has 1 heterocycles. The normalized spacial score (nSPS) is 10.2. The number of anilines is 1. The van der Waals surface area contributed by atoms with Crippen LogP contribution in [0.1, 0.15) is 10.4 Å². The summed E-state index contributed by atoms with van der Waals surface area (Å²) in [5.41, 5.74) is 6.86. The molecule has 0 aliphatic heterocycles. The smallest absolute Gasteiger partial charge is 0.248 e. The molecule has 3 aromatic rings. The van der Waals surface area contributed by atoms with Gasteiger partial charge in [-0.1, -0.05) is 24.3 Å². The largest absolute Gasteiger partial charge is 0.366 e. The van der Waals surface area contributed by atoms with Crippen LogP contribution in [0.2, 0.25) is 0 Å². The van der Waals surface area contributed by atoms with Gasteiger partial charge in [0.25, 0.3) is 0 Å². The highest BCUT2D eigenvalue weighted by molar-refractivity contribution is 7.99. The summed E-state index contributed by atoms with van der Waals surface area (Å²) in [6.07, 6.45) is 0. The van der Waals surface area contributed by atoms with Gasteiger partial charge in [0.05, 0.1) is 17.5 Å². The number of hydrogen-bond acceptors (Lipinski definition) is 7. The average Bonchev–Trinajstić information content (AvgIpc) is 3.15. The van der Waals surface area contributed by atoms with Crippen LogP contribution in [0, 0.1) is 11.3 Å². The molecule has 0 bridgehead atoms. The fraction of sp³-hybridized carbons (Fsp3) is 0.111. The molecule has 28 heavy (non-hydrogen) atoms. The molecule has 3 rings (SSSR count). The summed E-state index contributed by atoms with van der Waals surface area (Å²) in [5, 5.41) is 23.5. The van der Waals surface area contributed by atoms with Crippen LogP contribution in [0.15, 0.2) is 53.4 Å². The maximum atomic E-state index is 12.3. The lowest BCUT2D eigenvalue weighted by Gasteiger charge is -2.09. The minimum absolute atomic E-state index is 0.121. The number of thioether (sulfide) groups is 1. The molecule has 0 atom stereocenters. The topological polar surface area (TPSA) is 140 Å². The Kier molecular flexibility index (Phi) is 5.98. The van der Waals surface area contributed by atoms with Crippen molar-refractivity contribution in [2.45, 2.75) is 11.4 Å². The first-order chi connectivity index (χ1) is 13.6. The van der Waals surface area contributed by atoms with Crippen molar-refractivity contribution >= 4 is 29.3 Å². The molecule has 2 aromatic carbocycles. The molecule has 9 nitrogen and oxygen atoms in total. The van der Waals surface area contributed by atoms with Crippen molar-refractivity contribution in [2.75, 3.05) is 11.1 Å². The Hall–Kier alpha value is -3.71. The van der Waals surface area contributed by atoms with E-state index in [-0.39, 0.29) is 18.2 Å². The Morgan fingerprint density at radius 1 is 1.18 bits per heavy atom. The Morgan fingerprint density at radius 3 is 2.64 bits per heavy atom. The van der Waals surface area contributed by atoms with Crippen LogP contribution < -0.4 is 11.1 Å². The van der Waals surface area contributed by atoms with Gasteiger partial charge in [0, 0.05) is 16.0 Å². The van der Waals surface area contributed by atoms with E-state index in [9.17, 15) is 9.59 Å². The van der Waals surface area contributed by atoms with E-state index in [0.29, 0.717) is 22.6 Å². The van der Waals surface area contributed by atoms with Crippen LogP contribution in [-0.4, -0.2) is 37.8 Å². The summed E-state index contributed by atoms with van der Waals surface area (Å²) in [4.78, 5) is 25.4. The molecule has 0 saturated heterocycles. The van der Waals surface area contributed by atoms with Crippen molar-refractivity contribution in [3.63, 3.8) is 0 Å². The van der Waals surface area contributed by atoms with E-state index in [4.69, 9.17) is 11.0 Å². The number of nitrogens with one attached hydrogen (secondary N) is 1. The number of hydrogen-bond donors (Lipinski definition) is 2. The highest BCUT2D eigenvalue weighted by Crippen LogP contribution is 2.26. The van der Waals surface area contributed by atoms with Crippen molar-refractivity contribution in [3.8, 4) is 17.5 Å². The number of benzene rings is 2. The third-order valence-electron chi connectivity index (χ3n) is 3.62. The number of para-hydroxylation sites is 1. The highest BCUT2D eigenvalue weighted by Gasteiger charge is 2.12. The number of nitriles is 1. The second-order valence-electron chi connectivity index (χ2n) is 5.58. The van der Waals surface area contributed by atoms with Crippen LogP contribution in [0.4, 0.5) is 5.69 Å². The SMILES string of the molecule is N#CCSc1ccccc1NC(=O)Cn1nnc(-c2ccc(C(N)=O)cc2)n1. The number of rotatable bonds is 7. The van der Waals surface area contributed by atoms with Crippen LogP contribution in [0.3, 0.4) is 0 Å². The Morgan fingerprint density at radius 2 is 1.93 bits per heavy atom. The highest BCUT2D eigenvalue weighted by atomic mass is 32.2. The maximum Gasteiger partial charge on any atom is 0.248 e. The van der Waals surface area contributed by atoms with Crippen LogP contribution in [0.25, 0.3) is 11.4 Å². The fourth-order valence-electron chi connectivity index (χ4n) is 2.33. The molecule has 0 spiro atoms. The quantitative estimate of drug-likeness (QED) is 0.582. The van der Waals surface area contributed by atoms with E-state index >= 15 is 0 Å². The number of nitrogens with two attached hydrogens (primary N) is 1.